The molecule has 0 aromatic carbocycles. The van der Waals surface area contributed by atoms with Crippen LogP contribution in [0, 0.1) is 0 Å². The molecular weight excluding hydrogens is 758 g/mol. The fourth-order valence-electron chi connectivity index (χ4n) is 6.10. The van der Waals surface area contributed by atoms with Gasteiger partial charge in [-0.25, -0.2) is 4.57 Å². The number of nitrogens with zero attached hydrogens (tertiary/aromatic N) is 1. The van der Waals surface area contributed by atoms with Gasteiger partial charge in [0.2, 0.25) is 0 Å². The van der Waals surface area contributed by atoms with Gasteiger partial charge in [0.05, 0.1) is 34.4 Å². The van der Waals surface area contributed by atoms with Crippen LogP contribution in [0.5, 0.6) is 0 Å². The first-order valence-electron chi connectivity index (χ1n) is 23.7. The molecule has 59 heavy (non-hydrogen) atoms. The van der Waals surface area contributed by atoms with Crippen molar-refractivity contribution in [2.24, 2.45) is 0 Å². The summed E-state index contributed by atoms with van der Waals surface area (Å²) >= 11 is 0. The van der Waals surface area contributed by atoms with Crippen molar-refractivity contribution in [3.63, 3.8) is 0 Å². The highest BCUT2D eigenvalue weighted by atomic mass is 31.2. The first-order valence-corrected chi connectivity index (χ1v) is 25.2. The number of carbonyl (C=O) groups is 1. The number of phosphoric ester groups is 1. The Kier molecular flexibility index (Phi) is 41.1. The molecule has 1 N–H and O–H groups in total. The van der Waals surface area contributed by atoms with Crippen LogP contribution >= 0.6 is 7.82 Å². The summed E-state index contributed by atoms with van der Waals surface area (Å²) < 4.78 is 35.1. The zero-order valence-electron chi connectivity index (χ0n) is 38.7. The van der Waals surface area contributed by atoms with Crippen LogP contribution in [0.15, 0.2) is 72.9 Å². The number of quaternary nitrogens is 1. The smallest absolute Gasteiger partial charge is 0.457 e. The van der Waals surface area contributed by atoms with E-state index < -0.39 is 13.9 Å². The lowest BCUT2D eigenvalue weighted by atomic mass is 10.1. The lowest BCUT2D eigenvalue weighted by Gasteiger charge is -2.24. The van der Waals surface area contributed by atoms with Crippen molar-refractivity contribution < 1.29 is 37.3 Å². The van der Waals surface area contributed by atoms with Crippen LogP contribution in [-0.4, -0.2) is 75.6 Å². The molecule has 0 amide bonds. The SMILES string of the molecule is CC/C=C\C/C=C\C/C=C\C/C=C\CCCCCCCCC(=O)OC(COCCCCCCCCCC/C=C\C/C=C\CCCCC)COP(=O)(O)OCC[N+](C)(C)C. The van der Waals surface area contributed by atoms with E-state index >= 15 is 0 Å². The lowest BCUT2D eigenvalue weighted by Crippen LogP contribution is -2.37. The fourth-order valence-corrected chi connectivity index (χ4v) is 6.84. The molecule has 8 nitrogen and oxygen atoms in total. The minimum absolute atomic E-state index is 0.0807. The van der Waals surface area contributed by atoms with Crippen LogP contribution < -0.4 is 0 Å². The zero-order valence-corrected chi connectivity index (χ0v) is 39.6. The molecule has 0 spiro atoms. The molecule has 9 heteroatoms. The maximum Gasteiger partial charge on any atom is 0.472 e. The van der Waals surface area contributed by atoms with E-state index in [0.717, 1.165) is 77.0 Å². The molecule has 0 heterocycles. The number of carbonyl (C=O) groups excluding carboxylic acids is 1. The molecule has 0 aromatic rings. The molecule has 0 aliphatic heterocycles. The molecule has 0 rings (SSSR count). The third-order valence-electron chi connectivity index (χ3n) is 9.75. The number of hydrogen-bond donors (Lipinski definition) is 1. The van der Waals surface area contributed by atoms with Gasteiger partial charge in [-0.05, 0) is 83.5 Å². The Bertz CT molecular complexity index is 1170. The highest BCUT2D eigenvalue weighted by Crippen LogP contribution is 2.43. The van der Waals surface area contributed by atoms with Crippen molar-refractivity contribution in [1.29, 1.82) is 0 Å². The highest BCUT2D eigenvalue weighted by molar-refractivity contribution is 7.47. The van der Waals surface area contributed by atoms with Gasteiger partial charge in [-0.3, -0.25) is 13.8 Å². The molecule has 0 radical (unpaired) electrons. The van der Waals surface area contributed by atoms with E-state index in [9.17, 15) is 14.3 Å². The molecule has 0 saturated heterocycles. The fraction of sp³-hybridized carbons (Fsp3) is 0.740. The zero-order chi connectivity index (χ0) is 43.4. The molecule has 0 aromatic heterocycles. The second-order valence-corrected chi connectivity index (χ2v) is 18.2. The average Bonchev–Trinajstić information content (AvgIpc) is 3.19. The maximum absolute atomic E-state index is 12.7. The molecule has 0 fully saturated rings. The van der Waals surface area contributed by atoms with Crippen molar-refractivity contribution >= 4 is 13.8 Å². The average molecular weight is 849 g/mol. The number of allylic oxidation sites excluding steroid dienone is 12. The van der Waals surface area contributed by atoms with Gasteiger partial charge in [0.1, 0.15) is 19.3 Å². The van der Waals surface area contributed by atoms with Crippen molar-refractivity contribution in [1.82, 2.24) is 0 Å². The third-order valence-corrected chi connectivity index (χ3v) is 10.7. The van der Waals surface area contributed by atoms with Crippen molar-refractivity contribution in [3.05, 3.63) is 72.9 Å². The van der Waals surface area contributed by atoms with E-state index in [1.54, 1.807) is 0 Å². The van der Waals surface area contributed by atoms with Crippen molar-refractivity contribution in [2.75, 3.05) is 54.1 Å². The predicted octanol–water partition coefficient (Wildman–Crippen LogP) is 14.3. The number of ether oxygens (including phenoxy) is 2. The molecule has 0 saturated carbocycles. The van der Waals surface area contributed by atoms with Gasteiger partial charge in [-0.15, -0.1) is 0 Å². The van der Waals surface area contributed by atoms with Crippen LogP contribution in [0.3, 0.4) is 0 Å². The largest absolute Gasteiger partial charge is 0.472 e. The van der Waals surface area contributed by atoms with E-state index in [1.165, 1.54) is 83.5 Å². The number of likely N-dealkylation sites (N-methyl/N-ethyl adjacent to an activating group) is 1. The first-order chi connectivity index (χ1) is 28.6. The highest BCUT2D eigenvalue weighted by Gasteiger charge is 2.26. The molecular formula is C50H91NO7P+. The Hall–Kier alpha value is -2.06. The Morgan fingerprint density at radius 2 is 0.983 bits per heavy atom. The molecule has 0 aliphatic carbocycles. The molecule has 0 aliphatic rings. The van der Waals surface area contributed by atoms with E-state index in [4.69, 9.17) is 18.5 Å². The summed E-state index contributed by atoms with van der Waals surface area (Å²) in [6, 6.07) is 0. The van der Waals surface area contributed by atoms with E-state index in [1.807, 2.05) is 21.1 Å². The number of hydrogen-bond acceptors (Lipinski definition) is 6. The van der Waals surface area contributed by atoms with Gasteiger partial charge < -0.3 is 18.9 Å². The first kappa shape index (κ1) is 56.9. The van der Waals surface area contributed by atoms with Crippen molar-refractivity contribution in [2.45, 2.75) is 187 Å². The number of rotatable bonds is 43. The third kappa shape index (κ3) is 46.9. The number of phosphoric acid groups is 1. The topological polar surface area (TPSA) is 91.3 Å². The Morgan fingerprint density at radius 3 is 1.47 bits per heavy atom. The van der Waals surface area contributed by atoms with Crippen LogP contribution in [-0.2, 0) is 27.9 Å². The van der Waals surface area contributed by atoms with Crippen molar-refractivity contribution in [3.8, 4) is 0 Å². The van der Waals surface area contributed by atoms with Crippen LogP contribution in [0.2, 0.25) is 0 Å². The summed E-state index contributed by atoms with van der Waals surface area (Å²) in [7, 11) is 1.64. The minimum Gasteiger partial charge on any atom is -0.457 e. The summed E-state index contributed by atoms with van der Waals surface area (Å²) in [5.74, 6) is -0.332. The van der Waals surface area contributed by atoms with Gasteiger partial charge in [0, 0.05) is 13.0 Å². The standard InChI is InChI=1S/C50H90NO7P/c1-6-8-10-12-14-16-18-20-22-24-26-27-29-31-33-35-37-39-41-43-50(52)58-49(48-57-59(53,54)56-46-44-51(3,4)5)47-55-45-42-40-38-36-34-32-30-28-25-23-21-19-17-15-13-11-9-7-2/h8,10,14-17,20-23,26-27,49H,6-7,9,11-13,18-19,24-25,28-48H2,1-5H3/p+1/b10-8-,16-14-,17-15-,22-20-,23-21-,27-26-. The van der Waals surface area contributed by atoms with Crippen LogP contribution in [0.1, 0.15) is 181 Å². The molecule has 2 unspecified atom stereocenters. The summed E-state index contributed by atoms with van der Waals surface area (Å²) in [6.45, 7) is 5.44. The summed E-state index contributed by atoms with van der Waals surface area (Å²) in [6.07, 6.45) is 55.0. The number of esters is 1. The predicted molar refractivity (Wildman–Crippen MR) is 252 cm³/mol. The van der Waals surface area contributed by atoms with Gasteiger partial charge in [0.25, 0.3) is 0 Å². The summed E-state index contributed by atoms with van der Waals surface area (Å²) in [4.78, 5) is 23.0. The Balaban J connectivity index is 4.25. The van der Waals surface area contributed by atoms with Gasteiger partial charge in [0.15, 0.2) is 0 Å². The number of unbranched alkanes of at least 4 members (excludes halogenated alkanes) is 17. The Morgan fingerprint density at radius 1 is 0.542 bits per heavy atom. The van der Waals surface area contributed by atoms with Gasteiger partial charge >= 0.3 is 13.8 Å². The van der Waals surface area contributed by atoms with Crippen LogP contribution in [0.25, 0.3) is 0 Å². The maximum atomic E-state index is 12.7. The normalized spacial score (nSPS) is 14.3. The van der Waals surface area contributed by atoms with E-state index in [0.29, 0.717) is 24.1 Å². The second kappa shape index (κ2) is 42.6. The monoisotopic (exact) mass is 849 g/mol. The van der Waals surface area contributed by atoms with Gasteiger partial charge in [-0.1, -0.05) is 164 Å². The van der Waals surface area contributed by atoms with E-state index in [2.05, 4.69) is 86.8 Å². The Labute approximate surface area is 363 Å². The molecule has 2 atom stereocenters. The van der Waals surface area contributed by atoms with Crippen LogP contribution in [0.4, 0.5) is 0 Å². The lowest BCUT2D eigenvalue weighted by molar-refractivity contribution is -0.870. The molecule has 342 valence electrons. The second-order valence-electron chi connectivity index (χ2n) is 16.8. The molecule has 0 bridgehead atoms. The summed E-state index contributed by atoms with van der Waals surface area (Å²) in [5, 5.41) is 0. The quantitative estimate of drug-likeness (QED) is 0.0215. The van der Waals surface area contributed by atoms with E-state index in [-0.39, 0.29) is 25.8 Å². The summed E-state index contributed by atoms with van der Waals surface area (Å²) in [5.41, 5.74) is 0. The van der Waals surface area contributed by atoms with Gasteiger partial charge in [-0.2, -0.15) is 0 Å². The minimum atomic E-state index is -4.29.